The van der Waals surface area contributed by atoms with Crippen molar-refractivity contribution in [3.05, 3.63) is 34.9 Å². The summed E-state index contributed by atoms with van der Waals surface area (Å²) in [6.07, 6.45) is 0.389. The van der Waals surface area contributed by atoms with Crippen molar-refractivity contribution in [3.63, 3.8) is 0 Å². The van der Waals surface area contributed by atoms with Crippen LogP contribution in [0.5, 0.6) is 0 Å². The lowest BCUT2D eigenvalue weighted by Gasteiger charge is -2.29. The molecule has 1 atom stereocenters. The SMILES string of the molecule is CC(C)(C)OC(=O)[N+](C=C=O)(c1ccc(Br)cc1)S(C)(=O)=O. The molecule has 120 valence electrons. The van der Waals surface area contributed by atoms with E-state index in [1.54, 1.807) is 32.9 Å². The zero-order valence-corrected chi connectivity index (χ0v) is 15.1. The van der Waals surface area contributed by atoms with Crippen molar-refractivity contribution >= 4 is 43.7 Å². The van der Waals surface area contributed by atoms with Gasteiger partial charge in [0.1, 0.15) is 5.60 Å². The molecule has 1 unspecified atom stereocenters. The van der Waals surface area contributed by atoms with Crippen LogP contribution in [0.1, 0.15) is 20.8 Å². The molecule has 0 N–H and O–H groups in total. The summed E-state index contributed by atoms with van der Waals surface area (Å²) in [5, 5.41) is 0. The van der Waals surface area contributed by atoms with Gasteiger partial charge in [0.15, 0.2) is 11.6 Å². The van der Waals surface area contributed by atoms with Gasteiger partial charge < -0.3 is 4.74 Å². The first-order valence-corrected chi connectivity index (χ1v) is 8.89. The average Bonchev–Trinajstić information content (AvgIpc) is 2.33. The van der Waals surface area contributed by atoms with Crippen LogP contribution >= 0.6 is 15.9 Å². The summed E-state index contributed by atoms with van der Waals surface area (Å²) in [5.74, 6) is 1.40. The molecule has 22 heavy (non-hydrogen) atoms. The topological polar surface area (TPSA) is 77.5 Å². The van der Waals surface area contributed by atoms with Crippen LogP contribution in [0.25, 0.3) is 0 Å². The number of rotatable bonds is 3. The predicted octanol–water partition coefficient (Wildman–Crippen LogP) is 3.00. The average molecular weight is 391 g/mol. The lowest BCUT2D eigenvalue weighted by molar-refractivity contribution is 0.0449. The molecule has 0 fully saturated rings. The molecular weight excluding hydrogens is 374 g/mol. The summed E-state index contributed by atoms with van der Waals surface area (Å²) in [7, 11) is -4.10. The number of hydrogen-bond donors (Lipinski definition) is 0. The molecule has 0 aliphatic heterocycles. The fourth-order valence-corrected chi connectivity index (χ4v) is 3.03. The second-order valence-corrected chi connectivity index (χ2v) is 8.55. The van der Waals surface area contributed by atoms with E-state index >= 15 is 0 Å². The van der Waals surface area contributed by atoms with Gasteiger partial charge in [0.25, 0.3) is 0 Å². The molecule has 6 nitrogen and oxygen atoms in total. The Kier molecular flexibility index (Phi) is 5.35. The zero-order chi connectivity index (χ0) is 17.2. The predicted molar refractivity (Wildman–Crippen MR) is 87.3 cm³/mol. The van der Waals surface area contributed by atoms with Crippen molar-refractivity contribution in [1.82, 2.24) is 3.89 Å². The van der Waals surface area contributed by atoms with Crippen molar-refractivity contribution < 1.29 is 22.7 Å². The molecule has 0 bridgehead atoms. The van der Waals surface area contributed by atoms with Crippen LogP contribution in [-0.2, 0) is 19.6 Å². The molecule has 8 heteroatoms. The van der Waals surface area contributed by atoms with E-state index in [4.69, 9.17) is 4.74 Å². The van der Waals surface area contributed by atoms with E-state index in [9.17, 15) is 18.0 Å². The van der Waals surface area contributed by atoms with Gasteiger partial charge in [0.2, 0.25) is 6.20 Å². The lowest BCUT2D eigenvalue weighted by Crippen LogP contribution is -2.55. The van der Waals surface area contributed by atoms with Crippen LogP contribution in [0, 0.1) is 0 Å². The fourth-order valence-electron chi connectivity index (χ4n) is 1.72. The third-order valence-corrected chi connectivity index (χ3v) is 4.67. The second kappa shape index (κ2) is 6.34. The number of sulfonamides is 1. The Morgan fingerprint density at radius 3 is 2.14 bits per heavy atom. The molecule has 1 rings (SSSR count). The second-order valence-electron chi connectivity index (χ2n) is 5.59. The number of ether oxygens (including phenoxy) is 1. The summed E-state index contributed by atoms with van der Waals surface area (Å²) in [5.41, 5.74) is -0.861. The zero-order valence-electron chi connectivity index (χ0n) is 12.7. The quantitative estimate of drug-likeness (QED) is 0.585. The van der Waals surface area contributed by atoms with Crippen molar-refractivity contribution in [2.45, 2.75) is 26.4 Å². The standard InChI is InChI=1S/C14H17BrNO5S/c1-14(2,3)21-13(18)16(9-10-17,22(4,19)20)12-7-5-11(15)6-8-12/h5-9H,1-4H3/q+1. The molecule has 1 aromatic carbocycles. The van der Waals surface area contributed by atoms with E-state index in [1.807, 2.05) is 0 Å². The number of carbonyl (C=O) groups is 1. The molecule has 1 aromatic rings. The van der Waals surface area contributed by atoms with E-state index in [0.29, 0.717) is 10.7 Å². The van der Waals surface area contributed by atoms with Gasteiger partial charge in [-0.1, -0.05) is 19.8 Å². The number of halogens is 1. The minimum atomic E-state index is -4.10. The summed E-state index contributed by atoms with van der Waals surface area (Å²) in [4.78, 5) is 23.5. The number of carbonyl (C=O) groups excluding carboxylic acids is 2. The molecular formula is C14H17BrNO5S+. The fraction of sp³-hybridized carbons (Fsp3) is 0.357. The van der Waals surface area contributed by atoms with Crippen LogP contribution in [0.2, 0.25) is 0 Å². The maximum atomic E-state index is 12.6. The Balaban J connectivity index is 3.66. The van der Waals surface area contributed by atoms with E-state index in [-0.39, 0.29) is 5.69 Å². The highest BCUT2D eigenvalue weighted by molar-refractivity contribution is 9.10. The van der Waals surface area contributed by atoms with Crippen LogP contribution in [0.4, 0.5) is 10.5 Å². The lowest BCUT2D eigenvalue weighted by atomic mass is 10.2. The summed E-state index contributed by atoms with van der Waals surface area (Å²) < 4.78 is 29.1. The molecule has 0 heterocycles. The number of hydrogen-bond acceptors (Lipinski definition) is 5. The maximum absolute atomic E-state index is 12.6. The van der Waals surface area contributed by atoms with E-state index in [2.05, 4.69) is 15.9 Å². The van der Waals surface area contributed by atoms with Crippen LogP contribution in [0.3, 0.4) is 0 Å². The first-order chi connectivity index (χ1) is 9.94. The number of benzene rings is 1. The molecule has 0 spiro atoms. The Hall–Kier alpha value is -1.47. The molecule has 0 saturated carbocycles. The summed E-state index contributed by atoms with van der Waals surface area (Å²) in [6.45, 7) is 4.82. The van der Waals surface area contributed by atoms with E-state index < -0.39 is 25.6 Å². The van der Waals surface area contributed by atoms with Crippen LogP contribution < -0.4 is 3.89 Å². The van der Waals surface area contributed by atoms with Crippen molar-refractivity contribution in [2.75, 3.05) is 6.26 Å². The van der Waals surface area contributed by atoms with Gasteiger partial charge in [-0.15, -0.1) is 0 Å². The summed E-state index contributed by atoms with van der Waals surface area (Å²) >= 11 is 3.23. The van der Waals surface area contributed by atoms with Crippen LogP contribution in [0.15, 0.2) is 34.9 Å². The molecule has 0 radical (unpaired) electrons. The minimum absolute atomic E-state index is 0.0586. The third-order valence-electron chi connectivity index (χ3n) is 2.63. The highest BCUT2D eigenvalue weighted by atomic mass is 79.9. The smallest absolute Gasteiger partial charge is 0.413 e. The Morgan fingerprint density at radius 2 is 1.77 bits per heavy atom. The van der Waals surface area contributed by atoms with Gasteiger partial charge in [-0.05, 0) is 32.9 Å². The molecule has 0 saturated heterocycles. The molecule has 0 aliphatic carbocycles. The third kappa shape index (κ3) is 3.84. The first-order valence-electron chi connectivity index (χ1n) is 6.25. The van der Waals surface area contributed by atoms with Crippen molar-refractivity contribution in [1.29, 1.82) is 0 Å². The van der Waals surface area contributed by atoms with Gasteiger partial charge in [0.05, 0.1) is 6.26 Å². The molecule has 0 aromatic heterocycles. The van der Waals surface area contributed by atoms with Gasteiger partial charge in [-0.25, -0.2) is 4.79 Å². The normalized spacial score (nSPS) is 14.6. The highest BCUT2D eigenvalue weighted by Crippen LogP contribution is 2.31. The molecule has 1 amide bonds. The van der Waals surface area contributed by atoms with Crippen LogP contribution in [-0.4, -0.2) is 32.3 Å². The van der Waals surface area contributed by atoms with Gasteiger partial charge >= 0.3 is 16.1 Å². The number of nitrogens with zero attached hydrogens (tertiary/aromatic N) is 1. The van der Waals surface area contributed by atoms with Crippen molar-refractivity contribution in [2.24, 2.45) is 0 Å². The Morgan fingerprint density at radius 1 is 1.27 bits per heavy atom. The minimum Gasteiger partial charge on any atom is -0.413 e. The first kappa shape index (κ1) is 18.6. The maximum Gasteiger partial charge on any atom is 0.543 e. The largest absolute Gasteiger partial charge is 0.543 e. The van der Waals surface area contributed by atoms with E-state index in [0.717, 1.165) is 6.26 Å². The van der Waals surface area contributed by atoms with Crippen molar-refractivity contribution in [3.8, 4) is 0 Å². The Labute approximate surface area is 138 Å². The monoisotopic (exact) mass is 390 g/mol. The Bertz CT molecular complexity index is 715. The number of quaternary nitrogens is 1. The molecule has 0 aliphatic rings. The van der Waals surface area contributed by atoms with Gasteiger partial charge in [-0.3, -0.25) is 0 Å². The van der Waals surface area contributed by atoms with Gasteiger partial charge in [0, 0.05) is 16.6 Å². The van der Waals surface area contributed by atoms with Gasteiger partial charge in [-0.2, -0.15) is 13.2 Å². The number of amides is 1. The highest BCUT2D eigenvalue weighted by Gasteiger charge is 2.51. The summed E-state index contributed by atoms with van der Waals surface area (Å²) in [6, 6.07) is 5.97. The van der Waals surface area contributed by atoms with E-state index in [1.165, 1.54) is 18.1 Å².